The summed E-state index contributed by atoms with van der Waals surface area (Å²) in [6, 6.07) is 2.88. The summed E-state index contributed by atoms with van der Waals surface area (Å²) in [4.78, 5) is 2.27. The molecule has 1 aliphatic rings. The molecule has 0 saturated carbocycles. The van der Waals surface area contributed by atoms with Crippen LogP contribution in [0.4, 0.5) is 13.2 Å². The summed E-state index contributed by atoms with van der Waals surface area (Å²) in [5, 5.41) is 13.2. The molecule has 1 heterocycles. The van der Waals surface area contributed by atoms with E-state index in [-0.39, 0.29) is 17.3 Å². The van der Waals surface area contributed by atoms with Crippen molar-refractivity contribution in [3.8, 4) is 5.75 Å². The van der Waals surface area contributed by atoms with Crippen molar-refractivity contribution >= 4 is 5.70 Å². The number of alkyl halides is 3. The third-order valence-corrected chi connectivity index (χ3v) is 4.73. The summed E-state index contributed by atoms with van der Waals surface area (Å²) in [7, 11) is 0. The molecule has 0 bridgehead atoms. The Balaban J connectivity index is 2.12. The van der Waals surface area contributed by atoms with Gasteiger partial charge in [0.15, 0.2) is 0 Å². The first-order valence-corrected chi connectivity index (χ1v) is 9.15. The maximum Gasteiger partial charge on any atom is 0.416 e. The van der Waals surface area contributed by atoms with Crippen molar-refractivity contribution < 1.29 is 18.3 Å². The molecule has 2 rings (SSSR count). The van der Waals surface area contributed by atoms with Crippen LogP contribution < -0.4 is 22.5 Å². The second-order valence-corrected chi connectivity index (χ2v) is 7.00. The SMILES string of the molecule is CC(/C=C(\N)NC1CCCN(CCN)C1)=C(/N)c1ccc(C(F)(F)F)cc1O. The van der Waals surface area contributed by atoms with Gasteiger partial charge in [-0.3, -0.25) is 0 Å². The molecule has 0 radical (unpaired) electrons. The number of hydrogen-bond donors (Lipinski definition) is 5. The van der Waals surface area contributed by atoms with E-state index in [1.165, 1.54) is 0 Å². The number of piperidine rings is 1. The number of benzene rings is 1. The Kier molecular flexibility index (Phi) is 7.20. The predicted molar refractivity (Wildman–Crippen MR) is 104 cm³/mol. The van der Waals surface area contributed by atoms with E-state index in [1.54, 1.807) is 13.0 Å². The number of likely N-dealkylation sites (tertiary alicyclic amines) is 1. The van der Waals surface area contributed by atoms with E-state index in [0.717, 1.165) is 44.6 Å². The highest BCUT2D eigenvalue weighted by atomic mass is 19.4. The molecule has 156 valence electrons. The van der Waals surface area contributed by atoms with Gasteiger partial charge in [-0.15, -0.1) is 0 Å². The lowest BCUT2D eigenvalue weighted by Crippen LogP contribution is -2.47. The third kappa shape index (κ3) is 5.80. The van der Waals surface area contributed by atoms with Crippen molar-refractivity contribution in [2.45, 2.75) is 32.0 Å². The Morgan fingerprint density at radius 1 is 1.36 bits per heavy atom. The molecular formula is C19H28F3N5O. The normalized spacial score (nSPS) is 20.0. The molecule has 1 saturated heterocycles. The summed E-state index contributed by atoms with van der Waals surface area (Å²) in [5.74, 6) is -0.122. The van der Waals surface area contributed by atoms with Gasteiger partial charge in [-0.2, -0.15) is 13.2 Å². The second-order valence-electron chi connectivity index (χ2n) is 7.00. The fourth-order valence-electron chi connectivity index (χ4n) is 3.30. The van der Waals surface area contributed by atoms with Gasteiger partial charge >= 0.3 is 6.18 Å². The van der Waals surface area contributed by atoms with Gasteiger partial charge in [0.1, 0.15) is 5.75 Å². The molecule has 1 aliphatic heterocycles. The molecule has 0 aliphatic carbocycles. The molecule has 0 spiro atoms. The second kappa shape index (κ2) is 9.20. The first-order chi connectivity index (χ1) is 13.1. The average molecular weight is 399 g/mol. The van der Waals surface area contributed by atoms with Crippen LogP contribution in [0.3, 0.4) is 0 Å². The van der Waals surface area contributed by atoms with Crippen molar-refractivity contribution in [1.29, 1.82) is 0 Å². The van der Waals surface area contributed by atoms with Gasteiger partial charge in [-0.05, 0) is 56.2 Å². The minimum absolute atomic E-state index is 0.126. The van der Waals surface area contributed by atoms with Gasteiger partial charge in [0.25, 0.3) is 0 Å². The maximum atomic E-state index is 12.7. The van der Waals surface area contributed by atoms with Crippen molar-refractivity contribution in [2.24, 2.45) is 17.2 Å². The van der Waals surface area contributed by atoms with Crippen molar-refractivity contribution in [2.75, 3.05) is 26.2 Å². The Hall–Kier alpha value is -2.39. The van der Waals surface area contributed by atoms with Crippen LogP contribution in [0.2, 0.25) is 0 Å². The third-order valence-electron chi connectivity index (χ3n) is 4.73. The van der Waals surface area contributed by atoms with Gasteiger partial charge in [-0.25, -0.2) is 0 Å². The molecule has 0 amide bonds. The van der Waals surface area contributed by atoms with E-state index in [1.807, 2.05) is 0 Å². The number of nitrogens with two attached hydrogens (primary N) is 3. The summed E-state index contributed by atoms with van der Waals surface area (Å²) in [5.41, 5.74) is 17.6. The van der Waals surface area contributed by atoms with Gasteiger partial charge in [0.2, 0.25) is 0 Å². The van der Waals surface area contributed by atoms with Crippen LogP contribution in [-0.2, 0) is 6.18 Å². The molecule has 1 aromatic carbocycles. The highest BCUT2D eigenvalue weighted by Crippen LogP contribution is 2.34. The Bertz CT molecular complexity index is 744. The van der Waals surface area contributed by atoms with Gasteiger partial charge < -0.3 is 32.5 Å². The predicted octanol–water partition coefficient (Wildman–Crippen LogP) is 1.91. The summed E-state index contributed by atoms with van der Waals surface area (Å²) in [6.45, 7) is 4.97. The molecule has 0 aromatic heterocycles. The van der Waals surface area contributed by atoms with E-state index >= 15 is 0 Å². The van der Waals surface area contributed by atoms with Crippen molar-refractivity contribution in [3.05, 3.63) is 46.8 Å². The summed E-state index contributed by atoms with van der Waals surface area (Å²) < 4.78 is 38.2. The molecular weight excluding hydrogens is 371 g/mol. The number of aromatic hydroxyl groups is 1. The number of hydrogen-bond acceptors (Lipinski definition) is 6. The van der Waals surface area contributed by atoms with Crippen LogP contribution in [0.5, 0.6) is 5.75 Å². The minimum atomic E-state index is -4.53. The smallest absolute Gasteiger partial charge is 0.416 e. The van der Waals surface area contributed by atoms with Crippen LogP contribution in [0.1, 0.15) is 30.9 Å². The molecule has 1 atom stereocenters. The number of rotatable bonds is 6. The average Bonchev–Trinajstić information content (AvgIpc) is 2.60. The lowest BCUT2D eigenvalue weighted by molar-refractivity contribution is -0.137. The molecule has 1 fully saturated rings. The first kappa shape index (κ1) is 21.9. The molecule has 6 nitrogen and oxygen atoms in total. The van der Waals surface area contributed by atoms with Crippen LogP contribution in [0.15, 0.2) is 35.7 Å². The zero-order chi connectivity index (χ0) is 20.9. The highest BCUT2D eigenvalue weighted by molar-refractivity contribution is 5.72. The Morgan fingerprint density at radius 2 is 2.07 bits per heavy atom. The van der Waals surface area contributed by atoms with Crippen LogP contribution in [-0.4, -0.2) is 42.2 Å². The quantitative estimate of drug-likeness (QED) is 0.467. The summed E-state index contributed by atoms with van der Waals surface area (Å²) >= 11 is 0. The van der Waals surface area contributed by atoms with E-state index < -0.39 is 17.5 Å². The summed E-state index contributed by atoms with van der Waals surface area (Å²) in [6.07, 6.45) is -0.890. The highest BCUT2D eigenvalue weighted by Gasteiger charge is 2.31. The standard InChI is InChI=1S/C19H28F3N5O/c1-12(9-17(24)26-14-3-2-7-27(11-14)8-6-23)18(25)15-5-4-13(10-16(15)28)19(20,21)22/h4-5,9-10,14,26,28H,2-3,6-8,11,23-25H2,1H3/b17-9+,18-12-. The van der Waals surface area contributed by atoms with Crippen LogP contribution in [0, 0.1) is 0 Å². The van der Waals surface area contributed by atoms with Crippen molar-refractivity contribution in [1.82, 2.24) is 10.2 Å². The molecule has 8 N–H and O–H groups in total. The number of allylic oxidation sites excluding steroid dienone is 2. The number of nitrogens with zero attached hydrogens (tertiary/aromatic N) is 1. The lowest BCUT2D eigenvalue weighted by Gasteiger charge is -2.33. The fraction of sp³-hybridized carbons (Fsp3) is 0.474. The zero-order valence-corrected chi connectivity index (χ0v) is 15.9. The zero-order valence-electron chi connectivity index (χ0n) is 15.9. The van der Waals surface area contributed by atoms with Crippen LogP contribution >= 0.6 is 0 Å². The number of phenols is 1. The van der Waals surface area contributed by atoms with Gasteiger partial charge in [-0.1, -0.05) is 0 Å². The monoisotopic (exact) mass is 399 g/mol. The molecule has 1 unspecified atom stereocenters. The fourth-order valence-corrected chi connectivity index (χ4v) is 3.30. The number of halogens is 3. The Labute approximate surface area is 162 Å². The van der Waals surface area contributed by atoms with Crippen LogP contribution in [0.25, 0.3) is 5.70 Å². The van der Waals surface area contributed by atoms with E-state index in [2.05, 4.69) is 10.2 Å². The van der Waals surface area contributed by atoms with E-state index in [0.29, 0.717) is 24.0 Å². The van der Waals surface area contributed by atoms with E-state index in [4.69, 9.17) is 17.2 Å². The lowest BCUT2D eigenvalue weighted by atomic mass is 10.0. The molecule has 9 heteroatoms. The van der Waals surface area contributed by atoms with Gasteiger partial charge in [0, 0.05) is 36.9 Å². The van der Waals surface area contributed by atoms with Gasteiger partial charge in [0.05, 0.1) is 11.4 Å². The number of nitrogens with one attached hydrogen (secondary N) is 1. The Morgan fingerprint density at radius 3 is 2.68 bits per heavy atom. The van der Waals surface area contributed by atoms with Crippen molar-refractivity contribution in [3.63, 3.8) is 0 Å². The maximum absolute atomic E-state index is 12.7. The van der Waals surface area contributed by atoms with E-state index in [9.17, 15) is 18.3 Å². The molecule has 28 heavy (non-hydrogen) atoms. The number of phenolic OH excluding ortho intramolecular Hbond substituents is 1. The minimum Gasteiger partial charge on any atom is -0.507 e. The largest absolute Gasteiger partial charge is 0.507 e. The first-order valence-electron chi connectivity index (χ1n) is 9.15. The molecule has 1 aromatic rings. The topological polar surface area (TPSA) is 114 Å².